The molecule has 0 atom stereocenters. The maximum Gasteiger partial charge on any atom is 0.0591 e. The molecule has 0 spiro atoms. The van der Waals surface area contributed by atoms with Gasteiger partial charge in [0, 0.05) is 0 Å². The molecule has 0 aliphatic heterocycles. The Morgan fingerprint density at radius 2 is 1.67 bits per heavy atom. The van der Waals surface area contributed by atoms with Gasteiger partial charge in [-0.1, -0.05) is 39.0 Å². The number of hydrogen-bond donors (Lipinski definition) is 1. The van der Waals surface area contributed by atoms with E-state index in [1.807, 2.05) is 13.8 Å². The molecule has 1 nitrogen and oxygen atoms in total. The van der Waals surface area contributed by atoms with Crippen LogP contribution in [0, 0.1) is 6.92 Å². The van der Waals surface area contributed by atoms with Gasteiger partial charge in [0.15, 0.2) is 0 Å². The second-order valence-electron chi connectivity index (χ2n) is 7.06. The molecular weight excluding hydrogens is 220 g/mol. The Hall–Kier alpha value is -0.820. The van der Waals surface area contributed by atoms with E-state index < -0.39 is 5.60 Å². The highest BCUT2D eigenvalue weighted by Crippen LogP contribution is 2.25. The molecular formula is C17H28O. The van der Waals surface area contributed by atoms with Gasteiger partial charge in [-0.3, -0.25) is 0 Å². The number of aliphatic hydroxyl groups is 1. The van der Waals surface area contributed by atoms with Crippen LogP contribution in [-0.4, -0.2) is 10.7 Å². The zero-order chi connectivity index (χ0) is 14.0. The van der Waals surface area contributed by atoms with Gasteiger partial charge >= 0.3 is 0 Å². The third kappa shape index (κ3) is 4.81. The summed E-state index contributed by atoms with van der Waals surface area (Å²) < 4.78 is 0. The summed E-state index contributed by atoms with van der Waals surface area (Å²) >= 11 is 0. The summed E-state index contributed by atoms with van der Waals surface area (Å²) in [7, 11) is 0. The van der Waals surface area contributed by atoms with Gasteiger partial charge in [-0.2, -0.15) is 0 Å². The topological polar surface area (TPSA) is 20.2 Å². The summed E-state index contributed by atoms with van der Waals surface area (Å²) in [5.74, 6) is 0. The highest BCUT2D eigenvalue weighted by Gasteiger charge is 2.15. The standard InChI is InChI=1S/C17H28O/c1-13-9-10-15(16(2,3)4)12-14(13)8-7-11-17(5,6)18/h9-10,12,18H,7-8,11H2,1-6H3. The van der Waals surface area contributed by atoms with Crippen LogP contribution in [0.1, 0.15) is 64.2 Å². The van der Waals surface area contributed by atoms with Crippen LogP contribution >= 0.6 is 0 Å². The minimum Gasteiger partial charge on any atom is -0.390 e. The van der Waals surface area contributed by atoms with Crippen molar-refractivity contribution in [2.75, 3.05) is 0 Å². The van der Waals surface area contributed by atoms with Crippen molar-refractivity contribution in [2.45, 2.75) is 71.8 Å². The van der Waals surface area contributed by atoms with Gasteiger partial charge in [0.05, 0.1) is 5.60 Å². The van der Waals surface area contributed by atoms with E-state index in [2.05, 4.69) is 45.9 Å². The number of benzene rings is 1. The van der Waals surface area contributed by atoms with Gasteiger partial charge in [0.25, 0.3) is 0 Å². The lowest BCUT2D eigenvalue weighted by Crippen LogP contribution is -2.18. The van der Waals surface area contributed by atoms with E-state index in [-0.39, 0.29) is 5.41 Å². The lowest BCUT2D eigenvalue weighted by molar-refractivity contribution is 0.0689. The Morgan fingerprint density at radius 3 is 2.17 bits per heavy atom. The van der Waals surface area contributed by atoms with E-state index in [0.717, 1.165) is 19.3 Å². The fourth-order valence-corrected chi connectivity index (χ4v) is 2.12. The van der Waals surface area contributed by atoms with E-state index in [1.54, 1.807) is 0 Å². The number of aryl methyl sites for hydroxylation is 2. The first-order valence-electron chi connectivity index (χ1n) is 6.92. The Balaban J connectivity index is 2.76. The van der Waals surface area contributed by atoms with E-state index >= 15 is 0 Å². The molecule has 1 aromatic rings. The Bertz CT molecular complexity index is 391. The van der Waals surface area contributed by atoms with Crippen LogP contribution in [0.4, 0.5) is 0 Å². The van der Waals surface area contributed by atoms with Crippen molar-refractivity contribution in [3.8, 4) is 0 Å². The van der Waals surface area contributed by atoms with E-state index in [1.165, 1.54) is 16.7 Å². The first-order chi connectivity index (χ1) is 8.09. The Kier molecular flexibility index (Phi) is 4.61. The Labute approximate surface area is 112 Å². The summed E-state index contributed by atoms with van der Waals surface area (Å²) in [6, 6.07) is 6.79. The molecule has 0 aliphatic carbocycles. The van der Waals surface area contributed by atoms with E-state index in [0.29, 0.717) is 0 Å². The second kappa shape index (κ2) is 5.44. The zero-order valence-electron chi connectivity index (χ0n) is 12.8. The Morgan fingerprint density at radius 1 is 1.06 bits per heavy atom. The summed E-state index contributed by atoms with van der Waals surface area (Å²) in [6.45, 7) is 12.7. The molecule has 1 aromatic carbocycles. The largest absolute Gasteiger partial charge is 0.390 e. The molecule has 18 heavy (non-hydrogen) atoms. The molecule has 1 rings (SSSR count). The maximum absolute atomic E-state index is 9.75. The predicted octanol–water partition coefficient (Wildman–Crippen LogP) is 4.39. The first-order valence-corrected chi connectivity index (χ1v) is 6.92. The predicted molar refractivity (Wildman–Crippen MR) is 79.1 cm³/mol. The number of rotatable bonds is 4. The van der Waals surface area contributed by atoms with Gasteiger partial charge in [-0.25, -0.2) is 0 Å². The maximum atomic E-state index is 9.75. The van der Waals surface area contributed by atoms with Crippen molar-refractivity contribution >= 4 is 0 Å². The lowest BCUT2D eigenvalue weighted by atomic mass is 9.84. The second-order valence-corrected chi connectivity index (χ2v) is 7.06. The smallest absolute Gasteiger partial charge is 0.0591 e. The molecule has 0 saturated carbocycles. The van der Waals surface area contributed by atoms with Crippen molar-refractivity contribution in [3.05, 3.63) is 34.9 Å². The summed E-state index contributed by atoms with van der Waals surface area (Å²) in [4.78, 5) is 0. The van der Waals surface area contributed by atoms with Gasteiger partial charge in [0.1, 0.15) is 0 Å². The molecule has 0 unspecified atom stereocenters. The highest BCUT2D eigenvalue weighted by atomic mass is 16.3. The average molecular weight is 248 g/mol. The van der Waals surface area contributed by atoms with Crippen LogP contribution in [0.25, 0.3) is 0 Å². The van der Waals surface area contributed by atoms with Crippen molar-refractivity contribution < 1.29 is 5.11 Å². The first kappa shape index (κ1) is 15.2. The molecule has 0 aromatic heterocycles. The molecule has 1 N–H and O–H groups in total. The fourth-order valence-electron chi connectivity index (χ4n) is 2.12. The van der Waals surface area contributed by atoms with Gasteiger partial charge in [-0.15, -0.1) is 0 Å². The van der Waals surface area contributed by atoms with Crippen LogP contribution in [0.2, 0.25) is 0 Å². The van der Waals surface area contributed by atoms with Crippen molar-refractivity contribution in [2.24, 2.45) is 0 Å². The molecule has 0 aliphatic rings. The summed E-state index contributed by atoms with van der Waals surface area (Å²) in [5, 5.41) is 9.75. The quantitative estimate of drug-likeness (QED) is 0.838. The van der Waals surface area contributed by atoms with Crippen LogP contribution in [0.5, 0.6) is 0 Å². The van der Waals surface area contributed by atoms with Crippen LogP contribution in [0.15, 0.2) is 18.2 Å². The molecule has 0 heterocycles. The third-order valence-corrected chi connectivity index (χ3v) is 3.45. The van der Waals surface area contributed by atoms with Gasteiger partial charge in [-0.05, 0) is 62.1 Å². The monoisotopic (exact) mass is 248 g/mol. The molecule has 1 heteroatoms. The SMILES string of the molecule is Cc1ccc(C(C)(C)C)cc1CCCC(C)(C)O. The number of hydrogen-bond acceptors (Lipinski definition) is 1. The molecule has 0 bridgehead atoms. The minimum atomic E-state index is -0.546. The zero-order valence-corrected chi connectivity index (χ0v) is 12.8. The van der Waals surface area contributed by atoms with Crippen molar-refractivity contribution in [1.82, 2.24) is 0 Å². The lowest BCUT2D eigenvalue weighted by Gasteiger charge is -2.21. The van der Waals surface area contributed by atoms with Crippen molar-refractivity contribution in [1.29, 1.82) is 0 Å². The van der Waals surface area contributed by atoms with Crippen LogP contribution in [0.3, 0.4) is 0 Å². The molecule has 102 valence electrons. The average Bonchev–Trinajstić information content (AvgIpc) is 2.17. The third-order valence-electron chi connectivity index (χ3n) is 3.45. The minimum absolute atomic E-state index is 0.207. The van der Waals surface area contributed by atoms with Gasteiger partial charge in [0.2, 0.25) is 0 Å². The van der Waals surface area contributed by atoms with Gasteiger partial charge < -0.3 is 5.11 Å². The summed E-state index contributed by atoms with van der Waals surface area (Å²) in [5.41, 5.74) is 3.84. The molecule has 0 fully saturated rings. The van der Waals surface area contributed by atoms with E-state index in [9.17, 15) is 5.11 Å². The summed E-state index contributed by atoms with van der Waals surface area (Å²) in [6.07, 6.45) is 2.95. The highest BCUT2D eigenvalue weighted by molar-refractivity contribution is 5.34. The fraction of sp³-hybridized carbons (Fsp3) is 0.647. The molecule has 0 saturated heterocycles. The molecule has 0 radical (unpaired) electrons. The van der Waals surface area contributed by atoms with Crippen LogP contribution < -0.4 is 0 Å². The molecule has 0 amide bonds. The van der Waals surface area contributed by atoms with E-state index in [4.69, 9.17) is 0 Å². The normalized spacial score (nSPS) is 12.8. The van der Waals surface area contributed by atoms with Crippen LogP contribution in [-0.2, 0) is 11.8 Å². The van der Waals surface area contributed by atoms with Crippen molar-refractivity contribution in [3.63, 3.8) is 0 Å².